The van der Waals surface area contributed by atoms with Crippen LogP contribution in [0, 0.1) is 24.1 Å². The SMILES string of the molecule is C#Cc1c(F)ccc(C=C)c1C(=C)C(C)C. The van der Waals surface area contributed by atoms with Crippen molar-refractivity contribution in [2.45, 2.75) is 13.8 Å². The van der Waals surface area contributed by atoms with Gasteiger partial charge in [-0.3, -0.25) is 0 Å². The highest BCUT2D eigenvalue weighted by Crippen LogP contribution is 2.29. The summed E-state index contributed by atoms with van der Waals surface area (Å²) < 4.78 is 13.6. The number of terminal acetylenes is 1. The molecule has 1 aromatic rings. The lowest BCUT2D eigenvalue weighted by Crippen LogP contribution is -2.01. The van der Waals surface area contributed by atoms with E-state index in [9.17, 15) is 4.39 Å². The molecule has 0 aliphatic carbocycles. The Labute approximate surface area is 96.5 Å². The summed E-state index contributed by atoms with van der Waals surface area (Å²) in [7, 11) is 0. The minimum Gasteiger partial charge on any atom is -0.206 e. The average Bonchev–Trinajstić information content (AvgIpc) is 2.27. The van der Waals surface area contributed by atoms with Crippen molar-refractivity contribution in [2.24, 2.45) is 5.92 Å². The molecular weight excluding hydrogens is 199 g/mol. The molecule has 0 saturated carbocycles. The van der Waals surface area contributed by atoms with Crippen LogP contribution in [-0.2, 0) is 0 Å². The highest BCUT2D eigenvalue weighted by Gasteiger charge is 2.15. The maximum Gasteiger partial charge on any atom is 0.139 e. The molecule has 0 aromatic heterocycles. The van der Waals surface area contributed by atoms with Gasteiger partial charge in [-0.05, 0) is 23.1 Å². The molecule has 1 heteroatoms. The standard InChI is InChI=1S/C15H15F/c1-6-12-8-9-14(16)13(7-2)15(12)11(5)10(3)4/h2,6,8-10H,1,5H2,3-4H3. The van der Waals surface area contributed by atoms with Crippen LogP contribution in [0.5, 0.6) is 0 Å². The Hall–Kier alpha value is -1.81. The van der Waals surface area contributed by atoms with Gasteiger partial charge < -0.3 is 0 Å². The Morgan fingerprint density at radius 2 is 2.12 bits per heavy atom. The maximum absolute atomic E-state index is 13.6. The summed E-state index contributed by atoms with van der Waals surface area (Å²) >= 11 is 0. The van der Waals surface area contributed by atoms with E-state index in [0.29, 0.717) is 5.56 Å². The third-order valence-electron chi connectivity index (χ3n) is 2.57. The van der Waals surface area contributed by atoms with Crippen molar-refractivity contribution >= 4 is 11.6 Å². The molecular formula is C15H15F. The van der Waals surface area contributed by atoms with E-state index < -0.39 is 0 Å². The lowest BCUT2D eigenvalue weighted by Gasteiger charge is -2.15. The lowest BCUT2D eigenvalue weighted by atomic mass is 9.89. The zero-order chi connectivity index (χ0) is 12.3. The Balaban J connectivity index is 3.56. The number of hydrogen-bond donors (Lipinski definition) is 0. The van der Waals surface area contributed by atoms with E-state index in [0.717, 1.165) is 11.1 Å². The summed E-state index contributed by atoms with van der Waals surface area (Å²) in [6.07, 6.45) is 7.02. The smallest absolute Gasteiger partial charge is 0.139 e. The molecule has 82 valence electrons. The van der Waals surface area contributed by atoms with E-state index in [1.165, 1.54) is 6.07 Å². The molecule has 0 amide bonds. The fraction of sp³-hybridized carbons (Fsp3) is 0.200. The summed E-state index contributed by atoms with van der Waals surface area (Å²) in [5, 5.41) is 0. The van der Waals surface area contributed by atoms with Gasteiger partial charge in [-0.25, -0.2) is 4.39 Å². The molecule has 0 saturated heterocycles. The second kappa shape index (κ2) is 4.81. The number of rotatable bonds is 3. The first-order chi connectivity index (χ1) is 7.52. The molecule has 0 radical (unpaired) electrons. The lowest BCUT2D eigenvalue weighted by molar-refractivity contribution is 0.623. The van der Waals surface area contributed by atoms with Crippen LogP contribution in [0.25, 0.3) is 11.6 Å². The van der Waals surface area contributed by atoms with Crippen LogP contribution in [-0.4, -0.2) is 0 Å². The monoisotopic (exact) mass is 214 g/mol. The zero-order valence-corrected chi connectivity index (χ0v) is 9.68. The van der Waals surface area contributed by atoms with Gasteiger partial charge in [-0.15, -0.1) is 6.42 Å². The predicted octanol–water partition coefficient (Wildman–Crippen LogP) is 4.12. The van der Waals surface area contributed by atoms with E-state index >= 15 is 0 Å². The molecule has 0 fully saturated rings. The van der Waals surface area contributed by atoms with E-state index in [4.69, 9.17) is 6.42 Å². The van der Waals surface area contributed by atoms with Crippen LogP contribution >= 0.6 is 0 Å². The van der Waals surface area contributed by atoms with Crippen LogP contribution in [0.2, 0.25) is 0 Å². The van der Waals surface area contributed by atoms with E-state index in [1.54, 1.807) is 12.1 Å². The Bertz CT molecular complexity index is 473. The van der Waals surface area contributed by atoms with Crippen molar-refractivity contribution < 1.29 is 4.39 Å². The highest BCUT2D eigenvalue weighted by molar-refractivity contribution is 5.78. The zero-order valence-electron chi connectivity index (χ0n) is 9.68. The first-order valence-corrected chi connectivity index (χ1v) is 5.13. The van der Waals surface area contributed by atoms with Crippen LogP contribution < -0.4 is 0 Å². The quantitative estimate of drug-likeness (QED) is 0.664. The fourth-order valence-corrected chi connectivity index (χ4v) is 1.54. The summed E-state index contributed by atoms with van der Waals surface area (Å²) in [6.45, 7) is 11.7. The molecule has 0 aliphatic rings. The van der Waals surface area contributed by atoms with Crippen LogP contribution in [0.4, 0.5) is 4.39 Å². The minimum atomic E-state index is -0.384. The Morgan fingerprint density at radius 1 is 1.50 bits per heavy atom. The van der Waals surface area contributed by atoms with Crippen molar-refractivity contribution in [3.8, 4) is 12.3 Å². The van der Waals surface area contributed by atoms with Gasteiger partial charge in [0.25, 0.3) is 0 Å². The third kappa shape index (κ3) is 2.06. The fourth-order valence-electron chi connectivity index (χ4n) is 1.54. The van der Waals surface area contributed by atoms with E-state index in [-0.39, 0.29) is 17.3 Å². The normalized spacial score (nSPS) is 9.94. The van der Waals surface area contributed by atoms with E-state index in [1.807, 2.05) is 13.8 Å². The predicted molar refractivity (Wildman–Crippen MR) is 68.3 cm³/mol. The van der Waals surface area contributed by atoms with Gasteiger partial charge in [-0.1, -0.05) is 45.1 Å². The largest absolute Gasteiger partial charge is 0.206 e. The second-order valence-corrected chi connectivity index (χ2v) is 3.92. The number of hydrogen-bond acceptors (Lipinski definition) is 0. The number of halogens is 1. The summed E-state index contributed by atoms with van der Waals surface area (Å²) in [5.41, 5.74) is 2.64. The second-order valence-electron chi connectivity index (χ2n) is 3.92. The summed E-state index contributed by atoms with van der Waals surface area (Å²) in [4.78, 5) is 0. The Kier molecular flexibility index (Phi) is 3.68. The molecule has 0 nitrogen and oxygen atoms in total. The van der Waals surface area contributed by atoms with Crippen molar-refractivity contribution in [1.29, 1.82) is 0 Å². The molecule has 16 heavy (non-hydrogen) atoms. The maximum atomic E-state index is 13.6. The molecule has 1 aromatic carbocycles. The molecule has 0 bridgehead atoms. The highest BCUT2D eigenvalue weighted by atomic mass is 19.1. The topological polar surface area (TPSA) is 0 Å². The van der Waals surface area contributed by atoms with Crippen molar-refractivity contribution in [1.82, 2.24) is 0 Å². The van der Waals surface area contributed by atoms with Gasteiger partial charge in [0.1, 0.15) is 5.82 Å². The number of benzene rings is 1. The van der Waals surface area contributed by atoms with Crippen molar-refractivity contribution in [3.63, 3.8) is 0 Å². The van der Waals surface area contributed by atoms with Crippen LogP contribution in [0.1, 0.15) is 30.5 Å². The van der Waals surface area contributed by atoms with Gasteiger partial charge in [0.05, 0.1) is 5.56 Å². The van der Waals surface area contributed by atoms with Gasteiger partial charge in [0, 0.05) is 5.56 Å². The molecule has 0 spiro atoms. The molecule has 0 aliphatic heterocycles. The molecule has 0 unspecified atom stereocenters. The van der Waals surface area contributed by atoms with Gasteiger partial charge in [-0.2, -0.15) is 0 Å². The minimum absolute atomic E-state index is 0.215. The summed E-state index contributed by atoms with van der Waals surface area (Å²) in [6, 6.07) is 3.04. The first kappa shape index (κ1) is 12.3. The Morgan fingerprint density at radius 3 is 2.56 bits per heavy atom. The number of allylic oxidation sites excluding steroid dienone is 1. The molecule has 0 heterocycles. The van der Waals surface area contributed by atoms with Gasteiger partial charge in [0.15, 0.2) is 0 Å². The average molecular weight is 214 g/mol. The van der Waals surface area contributed by atoms with E-state index in [2.05, 4.69) is 19.1 Å². The molecule has 0 N–H and O–H groups in total. The molecule has 1 rings (SSSR count). The first-order valence-electron chi connectivity index (χ1n) is 5.13. The van der Waals surface area contributed by atoms with Crippen LogP contribution in [0.3, 0.4) is 0 Å². The third-order valence-corrected chi connectivity index (χ3v) is 2.57. The van der Waals surface area contributed by atoms with Crippen molar-refractivity contribution in [3.05, 3.63) is 47.8 Å². The molecule has 0 atom stereocenters. The van der Waals surface area contributed by atoms with Crippen molar-refractivity contribution in [2.75, 3.05) is 0 Å². The van der Waals surface area contributed by atoms with Gasteiger partial charge >= 0.3 is 0 Å². The van der Waals surface area contributed by atoms with Crippen LogP contribution in [0.15, 0.2) is 25.3 Å². The summed E-state index contributed by atoms with van der Waals surface area (Å²) in [5.74, 6) is 2.22. The van der Waals surface area contributed by atoms with Gasteiger partial charge in [0.2, 0.25) is 0 Å².